The van der Waals surface area contributed by atoms with Crippen molar-refractivity contribution in [1.29, 1.82) is 0 Å². The largest absolute Gasteiger partial charge is 0.464 e. The molecule has 1 aliphatic carbocycles. The molecule has 5 nitrogen and oxygen atoms in total. The maximum atomic E-state index is 13.3. The lowest BCUT2D eigenvalue weighted by Gasteiger charge is -2.18. The van der Waals surface area contributed by atoms with E-state index in [2.05, 4.69) is 5.32 Å². The SMILES string of the molecule is O=C(Cc1coc2ccc3ccccc3c12)O[C@H](C(=O)NC1CC1)c1ccc(F)cc1. The van der Waals surface area contributed by atoms with Gasteiger partial charge in [0.05, 0.1) is 12.7 Å². The predicted octanol–water partition coefficient (Wildman–Crippen LogP) is 4.83. The van der Waals surface area contributed by atoms with Gasteiger partial charge in [-0.25, -0.2) is 4.39 Å². The molecule has 6 heteroatoms. The zero-order chi connectivity index (χ0) is 21.4. The molecule has 0 aliphatic heterocycles. The van der Waals surface area contributed by atoms with Crippen LogP contribution in [0.2, 0.25) is 0 Å². The molecule has 156 valence electrons. The lowest BCUT2D eigenvalue weighted by Crippen LogP contribution is -2.33. The highest BCUT2D eigenvalue weighted by Crippen LogP contribution is 2.31. The summed E-state index contributed by atoms with van der Waals surface area (Å²) in [5.74, 6) is -1.38. The number of nitrogens with one attached hydrogen (secondary N) is 1. The van der Waals surface area contributed by atoms with E-state index >= 15 is 0 Å². The number of benzene rings is 3. The van der Waals surface area contributed by atoms with Crippen LogP contribution >= 0.6 is 0 Å². The second kappa shape index (κ2) is 7.87. The van der Waals surface area contributed by atoms with E-state index in [4.69, 9.17) is 9.15 Å². The maximum Gasteiger partial charge on any atom is 0.311 e. The van der Waals surface area contributed by atoms with Crippen LogP contribution in [0.3, 0.4) is 0 Å². The van der Waals surface area contributed by atoms with Crippen LogP contribution in [0.5, 0.6) is 0 Å². The average molecular weight is 417 g/mol. The fourth-order valence-corrected chi connectivity index (χ4v) is 3.75. The zero-order valence-electron chi connectivity index (χ0n) is 16.6. The molecule has 0 radical (unpaired) electrons. The Balaban J connectivity index is 1.41. The highest BCUT2D eigenvalue weighted by atomic mass is 19.1. The van der Waals surface area contributed by atoms with Crippen LogP contribution in [0.25, 0.3) is 21.7 Å². The summed E-state index contributed by atoms with van der Waals surface area (Å²) in [4.78, 5) is 25.5. The molecule has 1 heterocycles. The third-order valence-electron chi connectivity index (χ3n) is 5.46. The molecule has 1 amide bonds. The first-order valence-corrected chi connectivity index (χ1v) is 10.2. The minimum Gasteiger partial charge on any atom is -0.464 e. The summed E-state index contributed by atoms with van der Waals surface area (Å²) in [6.45, 7) is 0. The summed E-state index contributed by atoms with van der Waals surface area (Å²) in [5, 5.41) is 5.74. The summed E-state index contributed by atoms with van der Waals surface area (Å²) in [6.07, 6.45) is 2.18. The van der Waals surface area contributed by atoms with Crippen LogP contribution < -0.4 is 5.32 Å². The Labute approximate surface area is 177 Å². The fraction of sp³-hybridized carbons (Fsp3) is 0.200. The van der Waals surface area contributed by atoms with E-state index in [0.29, 0.717) is 16.7 Å². The monoisotopic (exact) mass is 417 g/mol. The molecule has 0 unspecified atom stereocenters. The molecule has 3 aromatic carbocycles. The second-order valence-electron chi connectivity index (χ2n) is 7.80. The normalized spacial score (nSPS) is 14.5. The first kappa shape index (κ1) is 19.3. The van der Waals surface area contributed by atoms with E-state index < -0.39 is 23.8 Å². The van der Waals surface area contributed by atoms with Crippen molar-refractivity contribution in [2.75, 3.05) is 0 Å². The van der Waals surface area contributed by atoms with Crippen LogP contribution in [0.15, 0.2) is 71.3 Å². The number of amides is 1. The molecule has 0 spiro atoms. The first-order valence-electron chi connectivity index (χ1n) is 10.2. The van der Waals surface area contributed by atoms with Gasteiger partial charge in [0.1, 0.15) is 11.4 Å². The molecule has 1 aromatic heterocycles. The van der Waals surface area contributed by atoms with Crippen molar-refractivity contribution in [3.63, 3.8) is 0 Å². The van der Waals surface area contributed by atoms with Crippen molar-refractivity contribution in [2.45, 2.75) is 31.4 Å². The van der Waals surface area contributed by atoms with Gasteiger partial charge in [0, 0.05) is 22.6 Å². The Bertz CT molecular complexity index is 1270. The van der Waals surface area contributed by atoms with Crippen molar-refractivity contribution >= 4 is 33.6 Å². The summed E-state index contributed by atoms with van der Waals surface area (Å²) >= 11 is 0. The molecule has 1 N–H and O–H groups in total. The lowest BCUT2D eigenvalue weighted by molar-refractivity contribution is -0.155. The van der Waals surface area contributed by atoms with E-state index in [1.807, 2.05) is 36.4 Å². The summed E-state index contributed by atoms with van der Waals surface area (Å²) in [7, 11) is 0. The highest BCUT2D eigenvalue weighted by Gasteiger charge is 2.31. The Morgan fingerprint density at radius 1 is 1.06 bits per heavy atom. The van der Waals surface area contributed by atoms with Crippen LogP contribution in [0.1, 0.15) is 30.1 Å². The van der Waals surface area contributed by atoms with Gasteiger partial charge < -0.3 is 14.5 Å². The molecule has 0 saturated heterocycles. The van der Waals surface area contributed by atoms with Crippen molar-refractivity contribution in [2.24, 2.45) is 0 Å². The van der Waals surface area contributed by atoms with Gasteiger partial charge in [0.15, 0.2) is 0 Å². The summed E-state index contributed by atoms with van der Waals surface area (Å²) < 4.78 is 24.6. The van der Waals surface area contributed by atoms with Crippen molar-refractivity contribution in [3.8, 4) is 0 Å². The van der Waals surface area contributed by atoms with E-state index in [0.717, 1.165) is 29.0 Å². The minimum absolute atomic E-state index is 0.0462. The second-order valence-corrected chi connectivity index (χ2v) is 7.80. The molecule has 1 fully saturated rings. The zero-order valence-corrected chi connectivity index (χ0v) is 16.6. The molecule has 1 saturated carbocycles. The van der Waals surface area contributed by atoms with Gasteiger partial charge in [-0.3, -0.25) is 9.59 Å². The lowest BCUT2D eigenvalue weighted by atomic mass is 10.0. The van der Waals surface area contributed by atoms with Crippen molar-refractivity contribution < 1.29 is 23.1 Å². The molecular formula is C25H20FNO4. The smallest absolute Gasteiger partial charge is 0.311 e. The van der Waals surface area contributed by atoms with E-state index in [-0.39, 0.29) is 12.5 Å². The minimum atomic E-state index is -1.14. The van der Waals surface area contributed by atoms with Crippen molar-refractivity contribution in [1.82, 2.24) is 5.32 Å². The number of carbonyl (C=O) groups is 2. The Morgan fingerprint density at radius 3 is 2.61 bits per heavy atom. The summed E-state index contributed by atoms with van der Waals surface area (Å²) in [5.41, 5.74) is 1.80. The number of ether oxygens (including phenoxy) is 1. The standard InChI is InChI=1S/C25H20FNO4/c26-18-8-5-16(6-9-18)24(25(29)27-19-10-11-19)31-22(28)13-17-14-30-21-12-7-15-3-1-2-4-20(15)23(17)21/h1-9,12,14,19,24H,10-11,13H2,(H,27,29)/t24-/m0/s1. The molecule has 4 aromatic rings. The number of rotatable bonds is 6. The van der Waals surface area contributed by atoms with E-state index in [9.17, 15) is 14.0 Å². The average Bonchev–Trinajstić information content (AvgIpc) is 3.50. The van der Waals surface area contributed by atoms with Gasteiger partial charge in [-0.1, -0.05) is 42.5 Å². The molecular weight excluding hydrogens is 397 g/mol. The Morgan fingerprint density at radius 2 is 1.84 bits per heavy atom. The molecule has 5 rings (SSSR count). The van der Waals surface area contributed by atoms with Gasteiger partial charge in [-0.2, -0.15) is 0 Å². The van der Waals surface area contributed by atoms with Gasteiger partial charge in [0.25, 0.3) is 5.91 Å². The van der Waals surface area contributed by atoms with Crippen LogP contribution in [-0.4, -0.2) is 17.9 Å². The predicted molar refractivity (Wildman–Crippen MR) is 114 cm³/mol. The van der Waals surface area contributed by atoms with Gasteiger partial charge in [0.2, 0.25) is 6.10 Å². The number of fused-ring (bicyclic) bond motifs is 3. The van der Waals surface area contributed by atoms with Crippen LogP contribution in [0.4, 0.5) is 4.39 Å². The number of hydrogen-bond acceptors (Lipinski definition) is 4. The fourth-order valence-electron chi connectivity index (χ4n) is 3.75. The molecule has 1 atom stereocenters. The molecule has 31 heavy (non-hydrogen) atoms. The van der Waals surface area contributed by atoms with Gasteiger partial charge >= 0.3 is 5.97 Å². The number of carbonyl (C=O) groups excluding carboxylic acids is 2. The van der Waals surface area contributed by atoms with E-state index in [1.54, 1.807) is 6.26 Å². The summed E-state index contributed by atoms with van der Waals surface area (Å²) in [6, 6.07) is 17.2. The number of furan rings is 1. The number of hydrogen-bond donors (Lipinski definition) is 1. The van der Waals surface area contributed by atoms with Crippen LogP contribution in [-0.2, 0) is 20.7 Å². The van der Waals surface area contributed by atoms with Crippen molar-refractivity contribution in [3.05, 3.63) is 83.9 Å². The number of esters is 1. The van der Waals surface area contributed by atoms with Crippen LogP contribution in [0, 0.1) is 5.82 Å². The number of halogens is 1. The highest BCUT2D eigenvalue weighted by molar-refractivity contribution is 6.08. The topological polar surface area (TPSA) is 68.5 Å². The molecule has 1 aliphatic rings. The Hall–Kier alpha value is -3.67. The van der Waals surface area contributed by atoms with Gasteiger partial charge in [-0.05, 0) is 41.8 Å². The quantitative estimate of drug-likeness (QED) is 0.456. The Kier molecular flexibility index (Phi) is 4.90. The third-order valence-corrected chi connectivity index (χ3v) is 5.46. The first-order chi connectivity index (χ1) is 15.1. The maximum absolute atomic E-state index is 13.3. The van der Waals surface area contributed by atoms with E-state index in [1.165, 1.54) is 24.3 Å². The molecule has 0 bridgehead atoms. The van der Waals surface area contributed by atoms with Gasteiger partial charge in [-0.15, -0.1) is 0 Å². The third kappa shape index (κ3) is 4.01.